The smallest absolute Gasteiger partial charge is 0.261 e. The molecular weight excluding hydrogens is 164 g/mol. The molecule has 11 heavy (non-hydrogen) atoms. The standard InChI is InChI=1S/C5H8N4OS/c1-2-3(10)8-5(11-2)9-4(6)7/h2H,1H3,(H4,6,7,8,9,10)/t2-/m1/s1. The average molecular weight is 172 g/mol. The van der Waals surface area contributed by atoms with Gasteiger partial charge in [0, 0.05) is 0 Å². The number of aliphatic imine (C=N–C) groups is 2. The second kappa shape index (κ2) is 2.91. The quantitative estimate of drug-likeness (QED) is 0.372. The van der Waals surface area contributed by atoms with Crippen LogP contribution in [0.4, 0.5) is 0 Å². The van der Waals surface area contributed by atoms with Gasteiger partial charge in [-0.3, -0.25) is 4.79 Å². The summed E-state index contributed by atoms with van der Waals surface area (Å²) in [5.74, 6) is -0.256. The molecule has 6 heteroatoms. The van der Waals surface area contributed by atoms with Gasteiger partial charge in [0.25, 0.3) is 5.91 Å². The van der Waals surface area contributed by atoms with Crippen molar-refractivity contribution in [3.8, 4) is 0 Å². The van der Waals surface area contributed by atoms with Gasteiger partial charge in [-0.1, -0.05) is 11.8 Å². The molecule has 1 aliphatic heterocycles. The number of carbonyl (C=O) groups excluding carboxylic acids is 1. The van der Waals surface area contributed by atoms with Crippen LogP contribution in [0.3, 0.4) is 0 Å². The molecule has 0 saturated heterocycles. The van der Waals surface area contributed by atoms with E-state index in [4.69, 9.17) is 11.5 Å². The lowest BCUT2D eigenvalue weighted by molar-refractivity contribution is -0.116. The second-order valence-corrected chi connectivity index (χ2v) is 3.34. The fourth-order valence-corrected chi connectivity index (χ4v) is 1.35. The van der Waals surface area contributed by atoms with Crippen molar-refractivity contribution >= 4 is 28.8 Å². The number of thioether (sulfide) groups is 1. The fourth-order valence-electron chi connectivity index (χ4n) is 0.582. The van der Waals surface area contributed by atoms with Crippen LogP contribution >= 0.6 is 11.8 Å². The minimum absolute atomic E-state index is 0.0712. The first-order chi connectivity index (χ1) is 5.09. The molecule has 5 nitrogen and oxygen atoms in total. The average Bonchev–Trinajstić information content (AvgIpc) is 2.10. The van der Waals surface area contributed by atoms with Gasteiger partial charge in [-0.2, -0.15) is 9.98 Å². The molecule has 0 saturated carbocycles. The zero-order valence-corrected chi connectivity index (χ0v) is 6.76. The number of carbonyl (C=O) groups is 1. The van der Waals surface area contributed by atoms with Crippen LogP contribution in [0.25, 0.3) is 0 Å². The predicted octanol–water partition coefficient (Wildman–Crippen LogP) is -0.722. The third-order valence-electron chi connectivity index (χ3n) is 1.06. The summed E-state index contributed by atoms with van der Waals surface area (Å²) in [7, 11) is 0. The normalized spacial score (nSPS) is 23.2. The van der Waals surface area contributed by atoms with Gasteiger partial charge in [-0.25, -0.2) is 0 Å². The van der Waals surface area contributed by atoms with E-state index in [0.29, 0.717) is 5.17 Å². The zero-order valence-electron chi connectivity index (χ0n) is 5.94. The molecule has 1 atom stereocenters. The van der Waals surface area contributed by atoms with Crippen LogP contribution in [0.5, 0.6) is 0 Å². The van der Waals surface area contributed by atoms with E-state index in [1.165, 1.54) is 11.8 Å². The van der Waals surface area contributed by atoms with Gasteiger partial charge < -0.3 is 11.5 Å². The van der Waals surface area contributed by atoms with E-state index in [1.807, 2.05) is 0 Å². The molecule has 0 unspecified atom stereocenters. The highest BCUT2D eigenvalue weighted by Gasteiger charge is 2.23. The van der Waals surface area contributed by atoms with Crippen LogP contribution in [0, 0.1) is 0 Å². The number of rotatable bonds is 0. The van der Waals surface area contributed by atoms with Crippen molar-refractivity contribution in [2.75, 3.05) is 0 Å². The van der Waals surface area contributed by atoms with Gasteiger partial charge in [-0.05, 0) is 6.92 Å². The Morgan fingerprint density at radius 3 is 2.73 bits per heavy atom. The number of guanidine groups is 1. The maximum absolute atomic E-state index is 10.8. The van der Waals surface area contributed by atoms with Crippen LogP contribution in [0.1, 0.15) is 6.92 Å². The Balaban J connectivity index is 2.72. The van der Waals surface area contributed by atoms with Crippen molar-refractivity contribution in [2.45, 2.75) is 12.2 Å². The van der Waals surface area contributed by atoms with Crippen molar-refractivity contribution in [1.82, 2.24) is 0 Å². The Bertz CT molecular complexity index is 243. The summed E-state index contributed by atoms with van der Waals surface area (Å²) >= 11 is 1.25. The fraction of sp³-hybridized carbons (Fsp3) is 0.400. The maximum atomic E-state index is 10.8. The van der Waals surface area contributed by atoms with Gasteiger partial charge in [0.2, 0.25) is 0 Å². The Kier molecular flexibility index (Phi) is 2.13. The lowest BCUT2D eigenvalue weighted by Crippen LogP contribution is -2.23. The molecule has 1 heterocycles. The number of hydrogen-bond acceptors (Lipinski definition) is 3. The Hall–Kier alpha value is -1.04. The van der Waals surface area contributed by atoms with Gasteiger partial charge in [0.1, 0.15) is 0 Å². The number of hydrogen-bond donors (Lipinski definition) is 2. The van der Waals surface area contributed by atoms with Crippen LogP contribution in [0.15, 0.2) is 9.98 Å². The molecule has 0 aliphatic carbocycles. The maximum Gasteiger partial charge on any atom is 0.261 e. The minimum Gasteiger partial charge on any atom is -0.370 e. The zero-order chi connectivity index (χ0) is 8.43. The molecule has 1 amide bonds. The predicted molar refractivity (Wildman–Crippen MR) is 45.3 cm³/mol. The number of amides is 1. The lowest BCUT2D eigenvalue weighted by atomic mass is 10.5. The summed E-state index contributed by atoms with van der Waals surface area (Å²) in [5.41, 5.74) is 10.2. The summed E-state index contributed by atoms with van der Waals surface area (Å²) in [6.07, 6.45) is 0. The summed E-state index contributed by atoms with van der Waals surface area (Å²) in [6, 6.07) is 0. The van der Waals surface area contributed by atoms with Crippen molar-refractivity contribution in [2.24, 2.45) is 21.5 Å². The summed E-state index contributed by atoms with van der Waals surface area (Å²) in [6.45, 7) is 1.76. The van der Waals surface area contributed by atoms with Crippen LogP contribution < -0.4 is 11.5 Å². The first-order valence-electron chi connectivity index (χ1n) is 2.98. The number of nitrogens with zero attached hydrogens (tertiary/aromatic N) is 2. The molecule has 4 N–H and O–H groups in total. The van der Waals surface area contributed by atoms with E-state index >= 15 is 0 Å². The summed E-state index contributed by atoms with van der Waals surface area (Å²) in [5, 5.41) is 0.190. The van der Waals surface area contributed by atoms with E-state index in [2.05, 4.69) is 9.98 Å². The topological polar surface area (TPSA) is 93.8 Å². The molecule has 1 aliphatic rings. The third kappa shape index (κ3) is 1.94. The molecular formula is C5H8N4OS. The van der Waals surface area contributed by atoms with Crippen molar-refractivity contribution < 1.29 is 4.79 Å². The summed E-state index contributed by atoms with van der Waals surface area (Å²) in [4.78, 5) is 18.1. The highest BCUT2D eigenvalue weighted by molar-refractivity contribution is 8.15. The molecule has 1 rings (SSSR count). The first-order valence-corrected chi connectivity index (χ1v) is 3.86. The van der Waals surface area contributed by atoms with Gasteiger partial charge >= 0.3 is 0 Å². The second-order valence-electron chi connectivity index (χ2n) is 2.03. The van der Waals surface area contributed by atoms with E-state index in [-0.39, 0.29) is 17.1 Å². The van der Waals surface area contributed by atoms with Gasteiger partial charge in [0.05, 0.1) is 5.25 Å². The van der Waals surface area contributed by atoms with Crippen LogP contribution in [0.2, 0.25) is 0 Å². The first kappa shape index (κ1) is 8.06. The molecule has 0 aromatic heterocycles. The van der Waals surface area contributed by atoms with E-state index in [0.717, 1.165) is 0 Å². The molecule has 0 bridgehead atoms. The minimum atomic E-state index is -0.185. The molecule has 0 aromatic rings. The van der Waals surface area contributed by atoms with E-state index < -0.39 is 0 Å². The largest absolute Gasteiger partial charge is 0.370 e. The summed E-state index contributed by atoms with van der Waals surface area (Å²) < 4.78 is 0. The van der Waals surface area contributed by atoms with Crippen molar-refractivity contribution in [3.63, 3.8) is 0 Å². The lowest BCUT2D eigenvalue weighted by Gasteiger charge is -1.92. The molecule has 0 radical (unpaired) electrons. The third-order valence-corrected chi connectivity index (χ3v) is 2.01. The Morgan fingerprint density at radius 1 is 1.73 bits per heavy atom. The van der Waals surface area contributed by atoms with Gasteiger partial charge in [0.15, 0.2) is 11.1 Å². The van der Waals surface area contributed by atoms with Crippen LogP contribution in [-0.2, 0) is 4.79 Å². The van der Waals surface area contributed by atoms with E-state index in [1.54, 1.807) is 6.92 Å². The number of nitrogens with two attached hydrogens (primary N) is 2. The molecule has 0 aromatic carbocycles. The van der Waals surface area contributed by atoms with E-state index in [9.17, 15) is 4.79 Å². The van der Waals surface area contributed by atoms with Crippen molar-refractivity contribution in [1.29, 1.82) is 0 Å². The number of amidine groups is 1. The van der Waals surface area contributed by atoms with Crippen LogP contribution in [-0.4, -0.2) is 22.3 Å². The molecule has 0 fully saturated rings. The van der Waals surface area contributed by atoms with Crippen molar-refractivity contribution in [3.05, 3.63) is 0 Å². The highest BCUT2D eigenvalue weighted by Crippen LogP contribution is 2.21. The molecule has 60 valence electrons. The SMILES string of the molecule is C[C@H]1SC(N=C(N)N)=NC1=O. The Labute approximate surface area is 67.9 Å². The monoisotopic (exact) mass is 172 g/mol. The highest BCUT2D eigenvalue weighted by atomic mass is 32.2. The Morgan fingerprint density at radius 2 is 2.36 bits per heavy atom. The van der Waals surface area contributed by atoms with Gasteiger partial charge in [-0.15, -0.1) is 0 Å². The molecule has 0 spiro atoms.